The molecule has 1 atom stereocenters. The maximum Gasteiger partial charge on any atom is 0.172 e. The number of halogens is 1. The van der Waals surface area contributed by atoms with Crippen LogP contribution in [0.25, 0.3) is 0 Å². The Morgan fingerprint density at radius 3 is 2.55 bits per heavy atom. The second kappa shape index (κ2) is 6.68. The van der Waals surface area contributed by atoms with E-state index in [0.717, 1.165) is 5.69 Å². The molecule has 0 aliphatic carbocycles. The predicted octanol–water partition coefficient (Wildman–Crippen LogP) is 4.09. The van der Waals surface area contributed by atoms with E-state index in [-0.39, 0.29) is 6.04 Å². The van der Waals surface area contributed by atoms with Crippen molar-refractivity contribution in [2.45, 2.75) is 19.9 Å². The van der Waals surface area contributed by atoms with Gasteiger partial charge >= 0.3 is 0 Å². The summed E-state index contributed by atoms with van der Waals surface area (Å²) >= 11 is 11.2. The number of benzene rings is 1. The van der Waals surface area contributed by atoms with E-state index in [1.54, 1.807) is 12.1 Å². The molecule has 20 heavy (non-hydrogen) atoms. The number of pyridine rings is 1. The van der Waals surface area contributed by atoms with Crippen molar-refractivity contribution in [2.24, 2.45) is 0 Å². The molecular weight excluding hydrogens is 290 g/mol. The van der Waals surface area contributed by atoms with Gasteiger partial charge in [-0.15, -0.1) is 0 Å². The summed E-state index contributed by atoms with van der Waals surface area (Å²) in [5, 5.41) is 7.47. The van der Waals surface area contributed by atoms with E-state index in [1.165, 1.54) is 5.56 Å². The second-order valence-corrected chi connectivity index (χ2v) is 5.31. The van der Waals surface area contributed by atoms with Gasteiger partial charge in [0.2, 0.25) is 0 Å². The van der Waals surface area contributed by atoms with Crippen molar-refractivity contribution >= 4 is 34.7 Å². The monoisotopic (exact) mass is 305 g/mol. The zero-order valence-corrected chi connectivity index (χ0v) is 12.9. The first kappa shape index (κ1) is 14.8. The van der Waals surface area contributed by atoms with Crippen LogP contribution in [0.5, 0.6) is 0 Å². The molecule has 3 nitrogen and oxygen atoms in total. The molecule has 1 aromatic heterocycles. The van der Waals surface area contributed by atoms with Gasteiger partial charge in [0.1, 0.15) is 5.82 Å². The first-order valence-corrected chi connectivity index (χ1v) is 7.10. The molecule has 0 radical (unpaired) electrons. The fourth-order valence-corrected chi connectivity index (χ4v) is 2.17. The number of rotatable bonds is 3. The molecule has 5 heteroatoms. The molecule has 2 rings (SSSR count). The van der Waals surface area contributed by atoms with Crippen LogP contribution in [0, 0.1) is 6.92 Å². The Bertz CT molecular complexity index is 601. The van der Waals surface area contributed by atoms with Crippen molar-refractivity contribution < 1.29 is 0 Å². The quantitative estimate of drug-likeness (QED) is 0.838. The molecule has 104 valence electrons. The molecule has 2 aromatic rings. The summed E-state index contributed by atoms with van der Waals surface area (Å²) in [6.07, 6.45) is 0. The van der Waals surface area contributed by atoms with Crippen LogP contribution in [0.3, 0.4) is 0 Å². The first-order chi connectivity index (χ1) is 9.56. The number of aromatic nitrogens is 1. The van der Waals surface area contributed by atoms with E-state index >= 15 is 0 Å². The summed E-state index contributed by atoms with van der Waals surface area (Å²) in [4.78, 5) is 4.32. The number of hydrogen-bond acceptors (Lipinski definition) is 2. The average Bonchev–Trinajstić information content (AvgIpc) is 2.44. The van der Waals surface area contributed by atoms with E-state index in [2.05, 4.69) is 34.7 Å². The maximum atomic E-state index is 5.94. The minimum Gasteiger partial charge on any atom is -0.356 e. The third-order valence-corrected chi connectivity index (χ3v) is 3.53. The molecule has 2 N–H and O–H groups in total. The molecule has 1 heterocycles. The number of nitrogens with zero attached hydrogens (tertiary/aromatic N) is 1. The summed E-state index contributed by atoms with van der Waals surface area (Å²) in [6, 6.07) is 13.9. The van der Waals surface area contributed by atoms with Gasteiger partial charge in [0.05, 0.1) is 16.8 Å². The van der Waals surface area contributed by atoms with Gasteiger partial charge in [0.15, 0.2) is 5.11 Å². The van der Waals surface area contributed by atoms with Crippen LogP contribution in [0.4, 0.5) is 5.82 Å². The molecule has 0 amide bonds. The van der Waals surface area contributed by atoms with Crippen LogP contribution < -0.4 is 10.6 Å². The molecule has 0 fully saturated rings. The topological polar surface area (TPSA) is 37.0 Å². The van der Waals surface area contributed by atoms with Crippen LogP contribution in [-0.4, -0.2) is 10.1 Å². The molecule has 0 aliphatic heterocycles. The SMILES string of the molecule is Cc1nc(NC(=S)NC(C)c2ccccc2)ccc1Cl. The Morgan fingerprint density at radius 1 is 1.20 bits per heavy atom. The average molecular weight is 306 g/mol. The van der Waals surface area contributed by atoms with Gasteiger partial charge < -0.3 is 10.6 Å². The van der Waals surface area contributed by atoms with E-state index in [0.29, 0.717) is 16.0 Å². The van der Waals surface area contributed by atoms with E-state index in [9.17, 15) is 0 Å². The number of aryl methyl sites for hydroxylation is 1. The zero-order valence-electron chi connectivity index (χ0n) is 11.4. The molecule has 0 bridgehead atoms. The van der Waals surface area contributed by atoms with Crippen molar-refractivity contribution in [1.29, 1.82) is 0 Å². The molecule has 0 aliphatic rings. The number of anilines is 1. The minimum atomic E-state index is 0.129. The van der Waals surface area contributed by atoms with Gasteiger partial charge in [-0.05, 0) is 43.8 Å². The van der Waals surface area contributed by atoms with Crippen molar-refractivity contribution in [2.75, 3.05) is 5.32 Å². The third kappa shape index (κ3) is 3.92. The molecule has 1 aromatic carbocycles. The Morgan fingerprint density at radius 2 is 1.90 bits per heavy atom. The molecule has 0 saturated heterocycles. The lowest BCUT2D eigenvalue weighted by atomic mass is 10.1. The fourth-order valence-electron chi connectivity index (χ4n) is 1.79. The van der Waals surface area contributed by atoms with Crippen LogP contribution in [0.15, 0.2) is 42.5 Å². The summed E-state index contributed by atoms with van der Waals surface area (Å²) in [5.74, 6) is 0.685. The Hall–Kier alpha value is -1.65. The van der Waals surface area contributed by atoms with Gasteiger partial charge in [0.25, 0.3) is 0 Å². The van der Waals surface area contributed by atoms with Crippen molar-refractivity contribution in [3.63, 3.8) is 0 Å². The van der Waals surface area contributed by atoms with Crippen LogP contribution in [0.1, 0.15) is 24.2 Å². The summed E-state index contributed by atoms with van der Waals surface area (Å²) in [5.41, 5.74) is 1.95. The van der Waals surface area contributed by atoms with Gasteiger partial charge in [-0.2, -0.15) is 0 Å². The predicted molar refractivity (Wildman–Crippen MR) is 88.2 cm³/mol. The highest BCUT2D eigenvalue weighted by molar-refractivity contribution is 7.80. The fraction of sp³-hybridized carbons (Fsp3) is 0.200. The Kier molecular flexibility index (Phi) is 4.93. The zero-order chi connectivity index (χ0) is 14.5. The highest BCUT2D eigenvalue weighted by atomic mass is 35.5. The lowest BCUT2D eigenvalue weighted by Crippen LogP contribution is -2.31. The number of thiocarbonyl (C=S) groups is 1. The van der Waals surface area contributed by atoms with E-state index in [4.69, 9.17) is 23.8 Å². The normalized spacial score (nSPS) is 11.8. The van der Waals surface area contributed by atoms with Gasteiger partial charge in [0, 0.05) is 0 Å². The lowest BCUT2D eigenvalue weighted by Gasteiger charge is -2.17. The van der Waals surface area contributed by atoms with Crippen LogP contribution in [-0.2, 0) is 0 Å². The molecule has 1 unspecified atom stereocenters. The van der Waals surface area contributed by atoms with Crippen molar-refractivity contribution in [3.05, 3.63) is 58.7 Å². The van der Waals surface area contributed by atoms with Crippen LogP contribution in [0.2, 0.25) is 5.02 Å². The Balaban J connectivity index is 1.97. The highest BCUT2D eigenvalue weighted by Gasteiger charge is 2.07. The number of hydrogen-bond donors (Lipinski definition) is 2. The van der Waals surface area contributed by atoms with Gasteiger partial charge in [-0.1, -0.05) is 41.9 Å². The van der Waals surface area contributed by atoms with Gasteiger partial charge in [-0.3, -0.25) is 0 Å². The first-order valence-electron chi connectivity index (χ1n) is 6.32. The largest absolute Gasteiger partial charge is 0.356 e. The highest BCUT2D eigenvalue weighted by Crippen LogP contribution is 2.16. The summed E-state index contributed by atoms with van der Waals surface area (Å²) < 4.78 is 0. The Labute approximate surface area is 129 Å². The molecule has 0 saturated carbocycles. The lowest BCUT2D eigenvalue weighted by molar-refractivity contribution is 0.722. The smallest absolute Gasteiger partial charge is 0.172 e. The standard InChI is InChI=1S/C15H16ClN3S/c1-10(12-6-4-3-5-7-12)18-15(20)19-14-9-8-13(16)11(2)17-14/h3-10H,1-2H3,(H2,17,18,19,20). The van der Waals surface area contributed by atoms with Crippen molar-refractivity contribution in [3.8, 4) is 0 Å². The molecular formula is C15H16ClN3S. The minimum absolute atomic E-state index is 0.129. The summed E-state index contributed by atoms with van der Waals surface area (Å²) in [7, 11) is 0. The van der Waals surface area contributed by atoms with Crippen molar-refractivity contribution in [1.82, 2.24) is 10.3 Å². The van der Waals surface area contributed by atoms with Gasteiger partial charge in [-0.25, -0.2) is 4.98 Å². The van der Waals surface area contributed by atoms with Crippen LogP contribution >= 0.6 is 23.8 Å². The number of nitrogens with one attached hydrogen (secondary N) is 2. The third-order valence-electron chi connectivity index (χ3n) is 2.91. The second-order valence-electron chi connectivity index (χ2n) is 4.49. The molecule has 0 spiro atoms. The summed E-state index contributed by atoms with van der Waals surface area (Å²) in [6.45, 7) is 3.92. The van der Waals surface area contributed by atoms with E-state index < -0.39 is 0 Å². The maximum absolute atomic E-state index is 5.94. The van der Waals surface area contributed by atoms with E-state index in [1.807, 2.05) is 25.1 Å².